The lowest BCUT2D eigenvalue weighted by atomic mass is 9.84. The molecule has 0 saturated carbocycles. The van der Waals surface area contributed by atoms with Gasteiger partial charge in [-0.2, -0.15) is 0 Å². The molecule has 2 aromatic carbocycles. The highest BCUT2D eigenvalue weighted by Gasteiger charge is 2.45. The summed E-state index contributed by atoms with van der Waals surface area (Å²) >= 11 is 1.58. The van der Waals surface area contributed by atoms with E-state index in [1.54, 1.807) is 11.3 Å². The summed E-state index contributed by atoms with van der Waals surface area (Å²) in [6.07, 6.45) is 1.02. The van der Waals surface area contributed by atoms with Crippen molar-refractivity contribution in [1.82, 2.24) is 20.5 Å². The summed E-state index contributed by atoms with van der Waals surface area (Å²) in [6.45, 7) is 11.6. The van der Waals surface area contributed by atoms with Gasteiger partial charge in [-0.15, -0.1) is 11.3 Å². The molecule has 3 heterocycles. The molecule has 1 aromatic heterocycles. The molecule has 2 saturated heterocycles. The number of ether oxygens (including phenoxy) is 1. The Hall–Kier alpha value is -4.37. The molecule has 3 aromatic rings. The highest BCUT2D eigenvalue weighted by atomic mass is 32.1. The fourth-order valence-electron chi connectivity index (χ4n) is 7.14. The second-order valence-corrected chi connectivity index (χ2v) is 16.9. The molecule has 7 N–H and O–H groups in total. The molecule has 0 spiro atoms. The van der Waals surface area contributed by atoms with E-state index in [-0.39, 0.29) is 67.6 Å². The van der Waals surface area contributed by atoms with Crippen LogP contribution in [0.25, 0.3) is 10.4 Å². The summed E-state index contributed by atoms with van der Waals surface area (Å²) in [5.41, 5.74) is 17.5. The van der Waals surface area contributed by atoms with Crippen molar-refractivity contribution < 1.29 is 29.0 Å². The first kappa shape index (κ1) is 41.8. The number of primary amides is 1. The van der Waals surface area contributed by atoms with Crippen molar-refractivity contribution >= 4 is 40.7 Å². The van der Waals surface area contributed by atoms with E-state index in [1.807, 2.05) is 88.7 Å². The van der Waals surface area contributed by atoms with Crippen molar-refractivity contribution in [2.24, 2.45) is 22.8 Å². The summed E-state index contributed by atoms with van der Waals surface area (Å²) in [6, 6.07) is 14.0. The summed E-state index contributed by atoms with van der Waals surface area (Å²) in [4.78, 5) is 61.5. The maximum Gasteiger partial charge on any atom is 0.246 e. The molecule has 14 heteroatoms. The Morgan fingerprint density at radius 1 is 1.02 bits per heavy atom. The largest absolute Gasteiger partial charge is 0.391 e. The molecule has 0 radical (unpaired) electrons. The van der Waals surface area contributed by atoms with Gasteiger partial charge in [-0.25, -0.2) is 4.98 Å². The molecule has 55 heavy (non-hydrogen) atoms. The zero-order valence-corrected chi connectivity index (χ0v) is 33.4. The van der Waals surface area contributed by atoms with Crippen LogP contribution in [0, 0.1) is 18.3 Å². The number of aliphatic hydroxyl groups is 1. The number of piperidine rings is 1. The van der Waals surface area contributed by atoms with Crippen LogP contribution in [0.1, 0.15) is 76.6 Å². The van der Waals surface area contributed by atoms with Gasteiger partial charge in [0.25, 0.3) is 0 Å². The third kappa shape index (κ3) is 11.1. The molecule has 5 atom stereocenters. The Balaban J connectivity index is 1.12. The zero-order valence-electron chi connectivity index (χ0n) is 32.6. The van der Waals surface area contributed by atoms with Crippen LogP contribution in [-0.2, 0) is 37.1 Å². The summed E-state index contributed by atoms with van der Waals surface area (Å²) in [5, 5.41) is 16.6. The normalized spacial score (nSPS) is 19.5. The number of anilines is 1. The maximum absolute atomic E-state index is 14.1. The first-order valence-corrected chi connectivity index (χ1v) is 20.0. The van der Waals surface area contributed by atoms with Crippen LogP contribution < -0.4 is 27.0 Å². The maximum atomic E-state index is 14.1. The van der Waals surface area contributed by atoms with Crippen molar-refractivity contribution in [3.8, 4) is 10.4 Å². The number of rotatable bonds is 15. The molecule has 298 valence electrons. The number of aromatic nitrogens is 1. The Labute approximate surface area is 328 Å². The van der Waals surface area contributed by atoms with Gasteiger partial charge >= 0.3 is 0 Å². The number of carbonyl (C=O) groups is 4. The quantitative estimate of drug-likeness (QED) is 0.153. The van der Waals surface area contributed by atoms with Gasteiger partial charge in [-0.05, 0) is 67.3 Å². The number of thiazole rings is 1. The van der Waals surface area contributed by atoms with E-state index >= 15 is 0 Å². The van der Waals surface area contributed by atoms with Gasteiger partial charge < -0.3 is 41.7 Å². The number of aliphatic hydroxyl groups excluding tert-OH is 1. The number of nitrogens with two attached hydrogens (primary N) is 2. The zero-order chi connectivity index (χ0) is 39.9. The monoisotopic (exact) mass is 775 g/mol. The van der Waals surface area contributed by atoms with E-state index in [1.165, 1.54) is 4.90 Å². The van der Waals surface area contributed by atoms with Gasteiger partial charge in [-0.3, -0.25) is 19.2 Å². The minimum absolute atomic E-state index is 0.0229. The molecule has 0 unspecified atom stereocenters. The predicted octanol–water partition coefficient (Wildman–Crippen LogP) is 3.64. The van der Waals surface area contributed by atoms with Crippen LogP contribution in [0.3, 0.4) is 0 Å². The van der Waals surface area contributed by atoms with Crippen LogP contribution in [0.15, 0.2) is 54.0 Å². The topological polar surface area (TPSA) is 193 Å². The summed E-state index contributed by atoms with van der Waals surface area (Å²) in [7, 11) is 0. The first-order chi connectivity index (χ1) is 26.1. The van der Waals surface area contributed by atoms with Crippen molar-refractivity contribution in [2.45, 2.75) is 110 Å². The Bertz CT molecular complexity index is 1770. The molecule has 0 bridgehead atoms. The van der Waals surface area contributed by atoms with E-state index in [9.17, 15) is 24.3 Å². The molecule has 5 rings (SSSR count). The van der Waals surface area contributed by atoms with E-state index < -0.39 is 23.6 Å². The molecule has 2 fully saturated rings. The molecule has 2 aliphatic rings. The number of hydrogen-bond acceptors (Lipinski definition) is 10. The second-order valence-electron chi connectivity index (χ2n) is 16.0. The lowest BCUT2D eigenvalue weighted by Crippen LogP contribution is -2.58. The summed E-state index contributed by atoms with van der Waals surface area (Å²) < 4.78 is 5.92. The number of β-amino-alcohol motifs (C(OH)–C–C–N with tert-alkyl or cyclic N) is 1. The van der Waals surface area contributed by atoms with Crippen LogP contribution in [0.2, 0.25) is 0 Å². The van der Waals surface area contributed by atoms with Crippen LogP contribution in [0.4, 0.5) is 5.69 Å². The first-order valence-electron chi connectivity index (χ1n) is 19.2. The molecule has 0 aliphatic carbocycles. The second kappa shape index (κ2) is 18.5. The summed E-state index contributed by atoms with van der Waals surface area (Å²) in [5.74, 6) is -1.53. The third-order valence-corrected chi connectivity index (χ3v) is 11.7. The number of carbonyl (C=O) groups excluding carboxylic acids is 4. The molecular formula is C41H57N7O6S. The average molecular weight is 776 g/mol. The number of amides is 4. The van der Waals surface area contributed by atoms with Crippen LogP contribution in [0.5, 0.6) is 0 Å². The standard InChI is InChI=1S/C41H57N7O6S/c1-25-36(55-24-45-25)29-10-6-27(7-11-29)21-44-39(52)34-20-32(49)22-48(34)40(53)37(41(3,4)5)46-38(51)30-16-18-47(19-17-30)31-12-8-28(9-13-31)23-54-26(2)33(42)14-15-35(43)50/h6-13,24,26,30,32-34,37,49H,14-23,42H2,1-5H3,(H2,43,50)(H,44,52)(H,46,51)/t26-,32-,33+,34+,37-/m1/s1. The molecule has 13 nitrogen and oxygen atoms in total. The van der Waals surface area contributed by atoms with Gasteiger partial charge in [0.15, 0.2) is 0 Å². The molecule has 2 aliphatic heterocycles. The number of hydrogen-bond donors (Lipinski definition) is 5. The van der Waals surface area contributed by atoms with Gasteiger partial charge in [0.1, 0.15) is 12.1 Å². The lowest BCUT2D eigenvalue weighted by Gasteiger charge is -2.37. The van der Waals surface area contributed by atoms with Crippen molar-refractivity contribution in [1.29, 1.82) is 0 Å². The Kier molecular flexibility index (Phi) is 14.1. The van der Waals surface area contributed by atoms with Gasteiger partial charge in [-0.1, -0.05) is 57.2 Å². The minimum atomic E-state index is -0.878. The third-order valence-electron chi connectivity index (χ3n) is 10.7. The highest BCUT2D eigenvalue weighted by Crippen LogP contribution is 2.30. The van der Waals surface area contributed by atoms with Crippen molar-refractivity contribution in [2.75, 3.05) is 24.5 Å². The average Bonchev–Trinajstić information content (AvgIpc) is 3.78. The van der Waals surface area contributed by atoms with Gasteiger partial charge in [0.05, 0.1) is 34.9 Å². The van der Waals surface area contributed by atoms with E-state index in [4.69, 9.17) is 16.2 Å². The predicted molar refractivity (Wildman–Crippen MR) is 214 cm³/mol. The fourth-order valence-corrected chi connectivity index (χ4v) is 7.95. The van der Waals surface area contributed by atoms with E-state index in [0.717, 1.165) is 32.9 Å². The van der Waals surface area contributed by atoms with Gasteiger partial charge in [0.2, 0.25) is 23.6 Å². The van der Waals surface area contributed by atoms with Gasteiger partial charge in [0, 0.05) is 56.7 Å². The number of likely N-dealkylation sites (tertiary alicyclic amines) is 1. The van der Waals surface area contributed by atoms with E-state index in [0.29, 0.717) is 39.0 Å². The van der Waals surface area contributed by atoms with Crippen LogP contribution in [-0.4, -0.2) is 88.6 Å². The molecule has 4 amide bonds. The van der Waals surface area contributed by atoms with Crippen molar-refractivity contribution in [3.63, 3.8) is 0 Å². The molecular weight excluding hydrogens is 719 g/mol. The van der Waals surface area contributed by atoms with Crippen LogP contribution >= 0.6 is 11.3 Å². The fraction of sp³-hybridized carbons (Fsp3) is 0.537. The SMILES string of the molecule is Cc1ncsc1-c1ccc(CNC(=O)[C@@H]2C[C@@H](O)CN2C(=O)[C@@H](NC(=O)C2CCN(c3ccc(CO[C@H](C)[C@@H](N)CCC(N)=O)cc3)CC2)C(C)(C)C)cc1. The number of nitrogens with one attached hydrogen (secondary N) is 2. The Morgan fingerprint density at radius 3 is 2.27 bits per heavy atom. The number of benzene rings is 2. The highest BCUT2D eigenvalue weighted by molar-refractivity contribution is 7.13. The smallest absolute Gasteiger partial charge is 0.246 e. The lowest BCUT2D eigenvalue weighted by molar-refractivity contribution is -0.144. The van der Waals surface area contributed by atoms with E-state index in [2.05, 4.69) is 20.5 Å². The minimum Gasteiger partial charge on any atom is -0.391 e. The Morgan fingerprint density at radius 2 is 1.67 bits per heavy atom. The number of nitrogens with zero attached hydrogens (tertiary/aromatic N) is 3. The van der Waals surface area contributed by atoms with Crippen molar-refractivity contribution in [3.05, 3.63) is 70.9 Å². The number of aryl methyl sites for hydroxylation is 1.